The molecule has 5 nitrogen and oxygen atoms in total. The third-order valence-electron chi connectivity index (χ3n) is 3.00. The van der Waals surface area contributed by atoms with Gasteiger partial charge in [-0.1, -0.05) is 0 Å². The highest BCUT2D eigenvalue weighted by Crippen LogP contribution is 2.26. The summed E-state index contributed by atoms with van der Waals surface area (Å²) in [5, 5.41) is 6.03. The number of ether oxygens (including phenoxy) is 2. The summed E-state index contributed by atoms with van der Waals surface area (Å²) in [7, 11) is 3.16. The van der Waals surface area contributed by atoms with Crippen LogP contribution in [-0.4, -0.2) is 32.7 Å². The molecule has 0 unspecified atom stereocenters. The van der Waals surface area contributed by atoms with Gasteiger partial charge in [0.2, 0.25) is 5.91 Å². The molecule has 2 rings (SSSR count). The maximum Gasteiger partial charge on any atom is 0.241 e. The quantitative estimate of drug-likeness (QED) is 0.848. The third-order valence-corrected chi connectivity index (χ3v) is 3.00. The fourth-order valence-corrected chi connectivity index (χ4v) is 2.02. The second kappa shape index (κ2) is 5.73. The average molecular weight is 250 g/mol. The molecule has 98 valence electrons. The topological polar surface area (TPSA) is 59.6 Å². The second-order valence-corrected chi connectivity index (χ2v) is 4.24. The van der Waals surface area contributed by atoms with Gasteiger partial charge in [-0.2, -0.15) is 0 Å². The minimum atomic E-state index is -0.0952. The average Bonchev–Trinajstić information content (AvgIpc) is 2.92. The summed E-state index contributed by atoms with van der Waals surface area (Å²) in [5.74, 6) is 1.30. The zero-order valence-electron chi connectivity index (χ0n) is 10.7. The minimum Gasteiger partial charge on any atom is -0.497 e. The first-order valence-electron chi connectivity index (χ1n) is 6.00. The van der Waals surface area contributed by atoms with Gasteiger partial charge < -0.3 is 20.1 Å². The van der Waals surface area contributed by atoms with E-state index in [2.05, 4.69) is 10.6 Å². The molecule has 1 amide bonds. The van der Waals surface area contributed by atoms with Crippen molar-refractivity contribution in [1.82, 2.24) is 5.32 Å². The lowest BCUT2D eigenvalue weighted by Gasteiger charge is -2.13. The van der Waals surface area contributed by atoms with Crippen LogP contribution in [0.5, 0.6) is 11.5 Å². The molecule has 0 spiro atoms. The summed E-state index contributed by atoms with van der Waals surface area (Å²) in [4.78, 5) is 12.0. The Morgan fingerprint density at radius 1 is 1.28 bits per heavy atom. The van der Waals surface area contributed by atoms with E-state index in [4.69, 9.17) is 9.47 Å². The van der Waals surface area contributed by atoms with Crippen LogP contribution in [0.2, 0.25) is 0 Å². The van der Waals surface area contributed by atoms with E-state index >= 15 is 0 Å². The minimum absolute atomic E-state index is 0.0113. The number of hydrogen-bond donors (Lipinski definition) is 2. The maximum atomic E-state index is 12.0. The van der Waals surface area contributed by atoms with E-state index in [1.54, 1.807) is 32.4 Å². The van der Waals surface area contributed by atoms with Crippen molar-refractivity contribution in [3.8, 4) is 11.5 Å². The summed E-state index contributed by atoms with van der Waals surface area (Å²) >= 11 is 0. The van der Waals surface area contributed by atoms with Crippen LogP contribution in [0.15, 0.2) is 18.2 Å². The summed E-state index contributed by atoms with van der Waals surface area (Å²) in [6, 6.07) is 5.22. The smallest absolute Gasteiger partial charge is 0.241 e. The molecular formula is C13H18N2O3. The Morgan fingerprint density at radius 2 is 1.94 bits per heavy atom. The number of nitrogens with one attached hydrogen (secondary N) is 2. The zero-order valence-corrected chi connectivity index (χ0v) is 10.7. The Morgan fingerprint density at radius 3 is 2.44 bits per heavy atom. The van der Waals surface area contributed by atoms with E-state index in [-0.39, 0.29) is 11.9 Å². The molecule has 1 aromatic rings. The van der Waals surface area contributed by atoms with Gasteiger partial charge in [-0.15, -0.1) is 0 Å². The first-order chi connectivity index (χ1) is 8.72. The molecule has 0 aliphatic carbocycles. The Labute approximate surface area is 106 Å². The lowest BCUT2D eigenvalue weighted by atomic mass is 10.2. The molecular weight excluding hydrogens is 232 g/mol. The van der Waals surface area contributed by atoms with Gasteiger partial charge in [0.15, 0.2) is 0 Å². The molecule has 18 heavy (non-hydrogen) atoms. The highest BCUT2D eigenvalue weighted by Gasteiger charge is 2.22. The van der Waals surface area contributed by atoms with Crippen LogP contribution < -0.4 is 20.1 Å². The fraction of sp³-hybridized carbons (Fsp3) is 0.462. The van der Waals surface area contributed by atoms with E-state index in [0.29, 0.717) is 17.2 Å². The lowest BCUT2D eigenvalue weighted by molar-refractivity contribution is -0.117. The van der Waals surface area contributed by atoms with Crippen molar-refractivity contribution < 1.29 is 14.3 Å². The number of carbonyl (C=O) groups excluding carboxylic acids is 1. The Bertz CT molecular complexity index is 406. The molecule has 1 atom stereocenters. The fourth-order valence-electron chi connectivity index (χ4n) is 2.02. The van der Waals surface area contributed by atoms with Crippen LogP contribution in [0.1, 0.15) is 12.8 Å². The van der Waals surface area contributed by atoms with Gasteiger partial charge in [0, 0.05) is 23.9 Å². The summed E-state index contributed by atoms with van der Waals surface area (Å²) in [6.07, 6.45) is 1.92. The first kappa shape index (κ1) is 12.7. The number of hydrogen-bond acceptors (Lipinski definition) is 4. The van der Waals surface area contributed by atoms with Crippen LogP contribution >= 0.6 is 0 Å². The van der Waals surface area contributed by atoms with Crippen molar-refractivity contribution in [2.75, 3.05) is 26.1 Å². The number of benzene rings is 1. The zero-order chi connectivity index (χ0) is 13.0. The van der Waals surface area contributed by atoms with Gasteiger partial charge in [0.25, 0.3) is 0 Å². The Balaban J connectivity index is 2.09. The van der Waals surface area contributed by atoms with Crippen LogP contribution in [0.3, 0.4) is 0 Å². The predicted octanol–water partition coefficient (Wildman–Crippen LogP) is 1.39. The molecule has 0 bridgehead atoms. The van der Waals surface area contributed by atoms with E-state index < -0.39 is 0 Å². The third kappa shape index (κ3) is 2.92. The molecule has 5 heteroatoms. The van der Waals surface area contributed by atoms with E-state index in [1.165, 1.54) is 0 Å². The Hall–Kier alpha value is -1.75. The molecule has 1 saturated heterocycles. The van der Waals surface area contributed by atoms with Crippen molar-refractivity contribution in [3.63, 3.8) is 0 Å². The van der Waals surface area contributed by atoms with Gasteiger partial charge in [-0.25, -0.2) is 0 Å². The predicted molar refractivity (Wildman–Crippen MR) is 69.2 cm³/mol. The highest BCUT2D eigenvalue weighted by atomic mass is 16.5. The van der Waals surface area contributed by atoms with E-state index in [0.717, 1.165) is 19.4 Å². The molecule has 1 fully saturated rings. The van der Waals surface area contributed by atoms with Crippen molar-refractivity contribution in [2.24, 2.45) is 0 Å². The maximum absolute atomic E-state index is 12.0. The van der Waals surface area contributed by atoms with Crippen molar-refractivity contribution in [3.05, 3.63) is 18.2 Å². The number of anilines is 1. The molecule has 0 saturated carbocycles. The molecule has 0 radical (unpaired) electrons. The standard InChI is InChI=1S/C13H18N2O3/c1-17-10-6-9(7-11(8-10)18-2)15-13(16)12-4-3-5-14-12/h6-8,12,14H,3-5H2,1-2H3,(H,15,16)/t12-/m1/s1. The first-order valence-corrected chi connectivity index (χ1v) is 6.00. The molecule has 1 aromatic carbocycles. The monoisotopic (exact) mass is 250 g/mol. The molecule has 1 aliphatic heterocycles. The van der Waals surface area contributed by atoms with Crippen molar-refractivity contribution in [2.45, 2.75) is 18.9 Å². The van der Waals surface area contributed by atoms with Gasteiger partial charge in [0.05, 0.1) is 20.3 Å². The molecule has 2 N–H and O–H groups in total. The summed E-state index contributed by atoms with van der Waals surface area (Å²) in [5.41, 5.74) is 0.685. The lowest BCUT2D eigenvalue weighted by Crippen LogP contribution is -2.35. The number of rotatable bonds is 4. The number of methoxy groups -OCH3 is 2. The van der Waals surface area contributed by atoms with Crippen LogP contribution in [0, 0.1) is 0 Å². The van der Waals surface area contributed by atoms with E-state index in [9.17, 15) is 4.79 Å². The highest BCUT2D eigenvalue weighted by molar-refractivity contribution is 5.95. The van der Waals surface area contributed by atoms with Crippen LogP contribution in [0.25, 0.3) is 0 Å². The van der Waals surface area contributed by atoms with Crippen LogP contribution in [-0.2, 0) is 4.79 Å². The van der Waals surface area contributed by atoms with Gasteiger partial charge in [0.1, 0.15) is 11.5 Å². The van der Waals surface area contributed by atoms with Gasteiger partial charge in [-0.3, -0.25) is 4.79 Å². The van der Waals surface area contributed by atoms with Crippen LogP contribution in [0.4, 0.5) is 5.69 Å². The largest absolute Gasteiger partial charge is 0.497 e. The SMILES string of the molecule is COc1cc(NC(=O)[C@H]2CCCN2)cc(OC)c1. The van der Waals surface area contributed by atoms with Gasteiger partial charge >= 0.3 is 0 Å². The summed E-state index contributed by atoms with van der Waals surface area (Å²) in [6.45, 7) is 0.902. The van der Waals surface area contributed by atoms with Crippen molar-refractivity contribution >= 4 is 11.6 Å². The van der Waals surface area contributed by atoms with Gasteiger partial charge in [-0.05, 0) is 19.4 Å². The van der Waals surface area contributed by atoms with Crippen molar-refractivity contribution in [1.29, 1.82) is 0 Å². The number of carbonyl (C=O) groups is 1. The van der Waals surface area contributed by atoms with E-state index in [1.807, 2.05) is 0 Å². The Kier molecular flexibility index (Phi) is 4.04. The second-order valence-electron chi connectivity index (χ2n) is 4.24. The summed E-state index contributed by atoms with van der Waals surface area (Å²) < 4.78 is 10.3. The number of amides is 1. The molecule has 0 aromatic heterocycles. The molecule has 1 heterocycles. The molecule has 1 aliphatic rings. The normalized spacial score (nSPS) is 18.4.